The number of ether oxygens (including phenoxy) is 1. The fraction of sp³-hybridized carbons (Fsp3) is 0.500. The maximum absolute atomic E-state index is 8.59. The number of nitrogens with zero attached hydrogens (tertiary/aromatic N) is 1. The Kier molecular flexibility index (Phi) is 4.26. The first-order valence-corrected chi connectivity index (χ1v) is 4.46. The van der Waals surface area contributed by atoms with Gasteiger partial charge in [0.25, 0.3) is 0 Å². The molecule has 72 valence electrons. The van der Waals surface area contributed by atoms with E-state index in [1.807, 2.05) is 12.1 Å². The second-order valence-corrected chi connectivity index (χ2v) is 2.87. The lowest BCUT2D eigenvalue weighted by molar-refractivity contribution is 0.284. The molecule has 0 aliphatic heterocycles. The Morgan fingerprint density at radius 3 is 2.77 bits per heavy atom. The van der Waals surface area contributed by atoms with Crippen LogP contribution >= 0.6 is 0 Å². The van der Waals surface area contributed by atoms with Gasteiger partial charge in [0.2, 0.25) is 0 Å². The van der Waals surface area contributed by atoms with E-state index in [2.05, 4.69) is 4.98 Å². The molecule has 0 atom stereocenters. The van der Waals surface area contributed by atoms with Crippen molar-refractivity contribution in [3.63, 3.8) is 0 Å². The van der Waals surface area contributed by atoms with Crippen molar-refractivity contribution in [2.75, 3.05) is 13.7 Å². The molecule has 0 unspecified atom stereocenters. The summed E-state index contributed by atoms with van der Waals surface area (Å²) in [6.45, 7) is 0.260. The van der Waals surface area contributed by atoms with E-state index in [9.17, 15) is 0 Å². The topological polar surface area (TPSA) is 42.4 Å². The average Bonchev–Trinajstić information content (AvgIpc) is 2.19. The molecule has 0 aliphatic rings. The van der Waals surface area contributed by atoms with Gasteiger partial charge in [-0.05, 0) is 31.4 Å². The third kappa shape index (κ3) is 3.42. The van der Waals surface area contributed by atoms with Gasteiger partial charge in [0.15, 0.2) is 0 Å². The van der Waals surface area contributed by atoms with E-state index >= 15 is 0 Å². The fourth-order valence-electron chi connectivity index (χ4n) is 1.10. The van der Waals surface area contributed by atoms with Gasteiger partial charge >= 0.3 is 0 Å². The summed E-state index contributed by atoms with van der Waals surface area (Å²) < 4.78 is 4.99. The maximum atomic E-state index is 8.59. The predicted octanol–water partition coefficient (Wildman–Crippen LogP) is 1.41. The Morgan fingerprint density at radius 2 is 2.23 bits per heavy atom. The minimum absolute atomic E-state index is 0.260. The Morgan fingerprint density at radius 1 is 1.38 bits per heavy atom. The lowest BCUT2D eigenvalue weighted by Crippen LogP contribution is -1.92. The van der Waals surface area contributed by atoms with Crippen molar-refractivity contribution in [2.45, 2.75) is 19.3 Å². The van der Waals surface area contributed by atoms with E-state index in [1.54, 1.807) is 13.3 Å². The Hall–Kier alpha value is -1.09. The van der Waals surface area contributed by atoms with Gasteiger partial charge in [0.1, 0.15) is 5.75 Å². The minimum atomic E-state index is 0.260. The Bertz CT molecular complexity index is 233. The molecular formula is C10H15NO2. The highest BCUT2D eigenvalue weighted by molar-refractivity contribution is 5.19. The van der Waals surface area contributed by atoms with Crippen LogP contribution in [0.3, 0.4) is 0 Å². The van der Waals surface area contributed by atoms with Gasteiger partial charge in [-0.25, -0.2) is 0 Å². The van der Waals surface area contributed by atoms with Crippen molar-refractivity contribution in [3.8, 4) is 5.75 Å². The molecule has 1 aromatic rings. The average molecular weight is 181 g/mol. The number of methoxy groups -OCH3 is 1. The summed E-state index contributed by atoms with van der Waals surface area (Å²) >= 11 is 0. The van der Waals surface area contributed by atoms with Crippen molar-refractivity contribution >= 4 is 0 Å². The fourth-order valence-corrected chi connectivity index (χ4v) is 1.10. The van der Waals surface area contributed by atoms with Gasteiger partial charge in [-0.1, -0.05) is 0 Å². The van der Waals surface area contributed by atoms with Crippen LogP contribution in [0.2, 0.25) is 0 Å². The third-order valence-electron chi connectivity index (χ3n) is 1.87. The number of aromatic nitrogens is 1. The molecular weight excluding hydrogens is 166 g/mol. The SMILES string of the molecule is COc1ccc(CCCCO)nc1. The standard InChI is InChI=1S/C10H15NO2/c1-13-10-6-5-9(11-8-10)4-2-3-7-12/h5-6,8,12H,2-4,7H2,1H3. The molecule has 1 heterocycles. The number of aliphatic hydroxyl groups is 1. The Labute approximate surface area is 78.4 Å². The lowest BCUT2D eigenvalue weighted by Gasteiger charge is -2.01. The zero-order valence-electron chi connectivity index (χ0n) is 7.86. The molecule has 1 N–H and O–H groups in total. The van der Waals surface area contributed by atoms with E-state index in [-0.39, 0.29) is 6.61 Å². The first kappa shape index (κ1) is 9.99. The smallest absolute Gasteiger partial charge is 0.137 e. The van der Waals surface area contributed by atoms with Gasteiger partial charge in [-0.2, -0.15) is 0 Å². The predicted molar refractivity (Wildman–Crippen MR) is 50.8 cm³/mol. The summed E-state index contributed by atoms with van der Waals surface area (Å²) in [6, 6.07) is 3.86. The summed E-state index contributed by atoms with van der Waals surface area (Å²) in [4.78, 5) is 4.21. The van der Waals surface area contributed by atoms with Crippen LogP contribution in [0.4, 0.5) is 0 Å². The molecule has 0 spiro atoms. The van der Waals surface area contributed by atoms with Crippen LogP contribution in [-0.4, -0.2) is 23.8 Å². The number of unbranched alkanes of at least 4 members (excludes halogenated alkanes) is 1. The second kappa shape index (κ2) is 5.54. The van der Waals surface area contributed by atoms with Gasteiger partial charge in [-0.15, -0.1) is 0 Å². The zero-order chi connectivity index (χ0) is 9.52. The van der Waals surface area contributed by atoms with Gasteiger partial charge in [-0.3, -0.25) is 4.98 Å². The van der Waals surface area contributed by atoms with Crippen molar-refractivity contribution in [3.05, 3.63) is 24.0 Å². The highest BCUT2D eigenvalue weighted by atomic mass is 16.5. The van der Waals surface area contributed by atoms with Gasteiger partial charge < -0.3 is 9.84 Å². The molecule has 1 aromatic heterocycles. The molecule has 0 radical (unpaired) electrons. The summed E-state index contributed by atoms with van der Waals surface area (Å²) in [6.07, 6.45) is 4.46. The van der Waals surface area contributed by atoms with Gasteiger partial charge in [0, 0.05) is 12.3 Å². The van der Waals surface area contributed by atoms with Crippen LogP contribution in [0.5, 0.6) is 5.75 Å². The number of hydrogen-bond acceptors (Lipinski definition) is 3. The lowest BCUT2D eigenvalue weighted by atomic mass is 10.2. The molecule has 0 aromatic carbocycles. The first-order valence-electron chi connectivity index (χ1n) is 4.46. The summed E-state index contributed by atoms with van der Waals surface area (Å²) in [7, 11) is 1.63. The van der Waals surface area contributed by atoms with E-state index in [1.165, 1.54) is 0 Å². The monoisotopic (exact) mass is 181 g/mol. The summed E-state index contributed by atoms with van der Waals surface area (Å²) in [5.41, 5.74) is 1.05. The molecule has 0 fully saturated rings. The number of aryl methyl sites for hydroxylation is 1. The molecule has 0 aliphatic carbocycles. The van der Waals surface area contributed by atoms with Crippen LogP contribution in [0.15, 0.2) is 18.3 Å². The zero-order valence-corrected chi connectivity index (χ0v) is 7.86. The second-order valence-electron chi connectivity index (χ2n) is 2.87. The van der Waals surface area contributed by atoms with E-state index in [0.717, 1.165) is 30.7 Å². The number of pyridine rings is 1. The van der Waals surface area contributed by atoms with Crippen molar-refractivity contribution in [1.82, 2.24) is 4.98 Å². The maximum Gasteiger partial charge on any atom is 0.137 e. The molecule has 3 heteroatoms. The van der Waals surface area contributed by atoms with Crippen LogP contribution in [0, 0.1) is 0 Å². The normalized spacial score (nSPS) is 10.0. The van der Waals surface area contributed by atoms with E-state index in [0.29, 0.717) is 0 Å². The Balaban J connectivity index is 2.40. The van der Waals surface area contributed by atoms with Crippen molar-refractivity contribution in [1.29, 1.82) is 0 Å². The highest BCUT2D eigenvalue weighted by Gasteiger charge is 1.95. The van der Waals surface area contributed by atoms with E-state index in [4.69, 9.17) is 9.84 Å². The van der Waals surface area contributed by atoms with E-state index < -0.39 is 0 Å². The van der Waals surface area contributed by atoms with Crippen LogP contribution in [0.25, 0.3) is 0 Å². The number of rotatable bonds is 5. The summed E-state index contributed by atoms with van der Waals surface area (Å²) in [5.74, 6) is 0.783. The third-order valence-corrected chi connectivity index (χ3v) is 1.87. The van der Waals surface area contributed by atoms with Crippen molar-refractivity contribution in [2.24, 2.45) is 0 Å². The molecule has 0 saturated heterocycles. The molecule has 0 saturated carbocycles. The van der Waals surface area contributed by atoms with Crippen LogP contribution in [0.1, 0.15) is 18.5 Å². The molecule has 3 nitrogen and oxygen atoms in total. The van der Waals surface area contributed by atoms with Gasteiger partial charge in [0.05, 0.1) is 13.3 Å². The van der Waals surface area contributed by atoms with Crippen LogP contribution in [-0.2, 0) is 6.42 Å². The summed E-state index contributed by atoms with van der Waals surface area (Å²) in [5, 5.41) is 8.59. The van der Waals surface area contributed by atoms with Crippen molar-refractivity contribution < 1.29 is 9.84 Å². The molecule has 13 heavy (non-hydrogen) atoms. The first-order chi connectivity index (χ1) is 6.36. The highest BCUT2D eigenvalue weighted by Crippen LogP contribution is 2.09. The molecule has 0 amide bonds. The largest absolute Gasteiger partial charge is 0.495 e. The minimum Gasteiger partial charge on any atom is -0.495 e. The molecule has 0 bridgehead atoms. The van der Waals surface area contributed by atoms with Crippen LogP contribution < -0.4 is 4.74 Å². The number of aliphatic hydroxyl groups excluding tert-OH is 1. The quantitative estimate of drug-likeness (QED) is 0.698. The molecule has 1 rings (SSSR count). The number of hydrogen-bond donors (Lipinski definition) is 1.